The molecule has 1 saturated heterocycles. The van der Waals surface area contributed by atoms with Crippen molar-refractivity contribution >= 4 is 0 Å². The van der Waals surface area contributed by atoms with E-state index in [4.69, 9.17) is 0 Å². The van der Waals surface area contributed by atoms with Crippen molar-refractivity contribution in [2.24, 2.45) is 5.92 Å². The summed E-state index contributed by atoms with van der Waals surface area (Å²) in [6, 6.07) is 13.5. The van der Waals surface area contributed by atoms with E-state index in [0.29, 0.717) is 17.2 Å². The van der Waals surface area contributed by atoms with Gasteiger partial charge in [0, 0.05) is 17.0 Å². The van der Waals surface area contributed by atoms with Gasteiger partial charge in [-0.25, -0.2) is 0 Å². The molecule has 1 saturated carbocycles. The zero-order valence-electron chi connectivity index (χ0n) is 15.0. The molecule has 3 atom stereocenters. The van der Waals surface area contributed by atoms with Crippen molar-refractivity contribution in [2.45, 2.75) is 56.9 Å². The van der Waals surface area contributed by atoms with Crippen molar-refractivity contribution in [1.29, 1.82) is 0 Å². The lowest BCUT2D eigenvalue weighted by Crippen LogP contribution is -2.59. The Morgan fingerprint density at radius 2 is 1.92 bits per heavy atom. The number of aromatic hydroxyl groups is 1. The van der Waals surface area contributed by atoms with Crippen LogP contribution >= 0.6 is 0 Å². The number of hydrogen-bond acceptors (Lipinski definition) is 2. The maximum absolute atomic E-state index is 10.9. The molecular weight excluding hydrogens is 306 g/mol. The average Bonchev–Trinajstić information content (AvgIpc) is 2.63. The summed E-state index contributed by atoms with van der Waals surface area (Å²) in [6.45, 7) is 3.23. The summed E-state index contributed by atoms with van der Waals surface area (Å²) < 4.78 is 0. The third kappa shape index (κ3) is 2.27. The summed E-state index contributed by atoms with van der Waals surface area (Å²) in [6.07, 6.45) is 7.69. The highest BCUT2D eigenvalue weighted by Gasteiger charge is 2.51. The molecule has 0 spiro atoms. The molecule has 2 aromatic carbocycles. The molecule has 2 aromatic rings. The second-order valence-electron chi connectivity index (χ2n) is 8.42. The van der Waals surface area contributed by atoms with Crippen LogP contribution in [0.2, 0.25) is 0 Å². The van der Waals surface area contributed by atoms with Gasteiger partial charge in [0.25, 0.3) is 0 Å². The molecule has 3 aliphatic rings. The normalized spacial score (nSPS) is 30.4. The van der Waals surface area contributed by atoms with Gasteiger partial charge in [-0.05, 0) is 73.9 Å². The second kappa shape index (κ2) is 5.60. The Morgan fingerprint density at radius 3 is 2.76 bits per heavy atom. The number of fused-ring (bicyclic) bond motifs is 1. The van der Waals surface area contributed by atoms with E-state index in [1.54, 1.807) is 0 Å². The fourth-order valence-electron chi connectivity index (χ4n) is 5.94. The summed E-state index contributed by atoms with van der Waals surface area (Å²) in [7, 11) is 0. The van der Waals surface area contributed by atoms with Crippen LogP contribution in [-0.4, -0.2) is 17.7 Å². The van der Waals surface area contributed by atoms with Gasteiger partial charge in [0.1, 0.15) is 5.75 Å². The van der Waals surface area contributed by atoms with E-state index in [0.717, 1.165) is 30.0 Å². The van der Waals surface area contributed by atoms with E-state index in [2.05, 4.69) is 48.6 Å². The molecule has 130 valence electrons. The van der Waals surface area contributed by atoms with Crippen LogP contribution in [0, 0.1) is 12.8 Å². The molecule has 2 nitrogen and oxygen atoms in total. The Bertz CT molecular complexity index is 806. The largest absolute Gasteiger partial charge is 0.507 e. The minimum absolute atomic E-state index is 0.311. The fraction of sp³-hybridized carbons (Fsp3) is 0.478. The molecule has 25 heavy (non-hydrogen) atoms. The maximum atomic E-state index is 10.9. The molecular formula is C23H27NO. The van der Waals surface area contributed by atoms with Crippen molar-refractivity contribution in [3.63, 3.8) is 0 Å². The van der Waals surface area contributed by atoms with Gasteiger partial charge in [0.15, 0.2) is 0 Å². The highest BCUT2D eigenvalue weighted by atomic mass is 16.3. The molecule has 0 unspecified atom stereocenters. The molecule has 0 aromatic heterocycles. The zero-order chi connectivity index (χ0) is 17.0. The van der Waals surface area contributed by atoms with Crippen molar-refractivity contribution < 1.29 is 5.11 Å². The lowest BCUT2D eigenvalue weighted by Gasteiger charge is -2.56. The minimum Gasteiger partial charge on any atom is -0.507 e. The van der Waals surface area contributed by atoms with Crippen LogP contribution in [0.5, 0.6) is 5.75 Å². The molecule has 1 heterocycles. The van der Waals surface area contributed by atoms with Crippen LogP contribution in [0.25, 0.3) is 11.1 Å². The van der Waals surface area contributed by atoms with Crippen LogP contribution < -0.4 is 5.32 Å². The number of nitrogens with one attached hydrogen (secondary N) is 1. The first-order valence-corrected chi connectivity index (χ1v) is 9.84. The van der Waals surface area contributed by atoms with E-state index in [9.17, 15) is 5.11 Å². The Hall–Kier alpha value is -1.80. The second-order valence-corrected chi connectivity index (χ2v) is 8.42. The smallest absolute Gasteiger partial charge is 0.123 e. The molecule has 2 aliphatic carbocycles. The first-order chi connectivity index (χ1) is 12.2. The first-order valence-electron chi connectivity index (χ1n) is 9.84. The molecule has 2 fully saturated rings. The summed E-state index contributed by atoms with van der Waals surface area (Å²) in [5, 5.41) is 14.7. The topological polar surface area (TPSA) is 32.3 Å². The van der Waals surface area contributed by atoms with Gasteiger partial charge in [0.2, 0.25) is 0 Å². The monoisotopic (exact) mass is 333 g/mol. The molecule has 0 amide bonds. The number of aryl methyl sites for hydroxylation is 1. The van der Waals surface area contributed by atoms with Crippen LogP contribution in [0.3, 0.4) is 0 Å². The van der Waals surface area contributed by atoms with Crippen LogP contribution in [-0.2, 0) is 11.8 Å². The van der Waals surface area contributed by atoms with Crippen LogP contribution in [0.1, 0.15) is 48.8 Å². The predicted molar refractivity (Wildman–Crippen MR) is 102 cm³/mol. The Labute approximate surface area is 150 Å². The third-order valence-corrected chi connectivity index (χ3v) is 7.12. The lowest BCUT2D eigenvalue weighted by atomic mass is 9.52. The first kappa shape index (κ1) is 15.5. The van der Waals surface area contributed by atoms with Crippen molar-refractivity contribution in [3.05, 3.63) is 53.1 Å². The average molecular weight is 333 g/mol. The quantitative estimate of drug-likeness (QED) is 0.792. The van der Waals surface area contributed by atoms with Crippen molar-refractivity contribution in [2.75, 3.05) is 6.54 Å². The highest BCUT2D eigenvalue weighted by Crippen LogP contribution is 2.55. The molecule has 2 heteroatoms. The van der Waals surface area contributed by atoms with Crippen LogP contribution in [0.4, 0.5) is 0 Å². The van der Waals surface area contributed by atoms with Crippen molar-refractivity contribution in [3.8, 4) is 16.9 Å². The Kier molecular flexibility index (Phi) is 3.46. The SMILES string of the molecule is Cc1ccc(-c2cc3c(cc2O)[C@]24CCCC[C@@H]2[C@H](C3)NCC4)cc1. The van der Waals surface area contributed by atoms with Gasteiger partial charge in [0.05, 0.1) is 0 Å². The zero-order valence-corrected chi connectivity index (χ0v) is 15.0. The van der Waals surface area contributed by atoms with Gasteiger partial charge < -0.3 is 10.4 Å². The summed E-state index contributed by atoms with van der Waals surface area (Å²) in [4.78, 5) is 0. The van der Waals surface area contributed by atoms with E-state index < -0.39 is 0 Å². The number of rotatable bonds is 1. The number of phenolic OH excluding ortho intramolecular Hbond substituents is 1. The van der Waals surface area contributed by atoms with Gasteiger partial charge in [-0.1, -0.05) is 42.7 Å². The Morgan fingerprint density at radius 1 is 1.08 bits per heavy atom. The Balaban J connectivity index is 1.65. The number of piperidine rings is 1. The summed E-state index contributed by atoms with van der Waals surface area (Å²) >= 11 is 0. The number of hydrogen-bond donors (Lipinski definition) is 2. The van der Waals surface area contributed by atoms with E-state index in [-0.39, 0.29) is 0 Å². The molecule has 1 aliphatic heterocycles. The van der Waals surface area contributed by atoms with Gasteiger partial charge in [-0.15, -0.1) is 0 Å². The number of benzene rings is 2. The maximum Gasteiger partial charge on any atom is 0.123 e. The molecule has 5 rings (SSSR count). The third-order valence-electron chi connectivity index (χ3n) is 7.12. The lowest BCUT2D eigenvalue weighted by molar-refractivity contribution is 0.0796. The minimum atomic E-state index is 0.311. The highest BCUT2D eigenvalue weighted by molar-refractivity contribution is 5.72. The van der Waals surface area contributed by atoms with Gasteiger partial charge >= 0.3 is 0 Å². The van der Waals surface area contributed by atoms with Crippen LogP contribution in [0.15, 0.2) is 36.4 Å². The number of phenols is 1. The van der Waals surface area contributed by atoms with E-state index in [1.165, 1.54) is 48.8 Å². The molecule has 2 N–H and O–H groups in total. The van der Waals surface area contributed by atoms with Crippen molar-refractivity contribution in [1.82, 2.24) is 5.32 Å². The predicted octanol–water partition coefficient (Wildman–Crippen LogP) is 4.71. The fourth-order valence-corrected chi connectivity index (χ4v) is 5.94. The molecule has 0 radical (unpaired) electrons. The van der Waals surface area contributed by atoms with E-state index in [1.807, 2.05) is 0 Å². The van der Waals surface area contributed by atoms with Gasteiger partial charge in [-0.2, -0.15) is 0 Å². The summed E-state index contributed by atoms with van der Waals surface area (Å²) in [5.74, 6) is 1.21. The molecule has 2 bridgehead atoms. The standard InChI is InChI=1S/C23H27NO/c1-15-5-7-16(8-6-15)18-12-17-13-21-19-4-2-3-9-23(19,10-11-24-21)20(17)14-22(18)25/h5-8,12,14,19,21,24-25H,2-4,9-11,13H2,1H3/t19-,21+,23+/m1/s1. The van der Waals surface area contributed by atoms with E-state index >= 15 is 0 Å². The van der Waals surface area contributed by atoms with Gasteiger partial charge in [-0.3, -0.25) is 0 Å². The summed E-state index contributed by atoms with van der Waals surface area (Å²) in [5.41, 5.74) is 6.59.